The van der Waals surface area contributed by atoms with Crippen LogP contribution in [0.4, 0.5) is 0 Å². The average molecular weight is 117 g/mol. The topological polar surface area (TPSA) is 53.1 Å². The largest absolute Gasteiger partial charge is 0.498 e. The number of aromatic hydroxyl groups is 1. The van der Waals surface area contributed by atoms with Gasteiger partial charge < -0.3 is 10.1 Å². The molecule has 0 amide bonds. The van der Waals surface area contributed by atoms with E-state index in [0.717, 1.165) is 11.3 Å². The summed E-state index contributed by atoms with van der Waals surface area (Å²) < 4.78 is 0. The van der Waals surface area contributed by atoms with Gasteiger partial charge in [0.1, 0.15) is 0 Å². The van der Waals surface area contributed by atoms with E-state index in [9.17, 15) is 4.79 Å². The SMILES string of the molecule is O=c1[nH]cc(O)s1. The lowest BCUT2D eigenvalue weighted by atomic mass is 10.9. The first kappa shape index (κ1) is 4.39. The van der Waals surface area contributed by atoms with Crippen LogP contribution in [-0.4, -0.2) is 10.1 Å². The van der Waals surface area contributed by atoms with Gasteiger partial charge in [0.2, 0.25) is 0 Å². The van der Waals surface area contributed by atoms with E-state index in [0.29, 0.717) is 0 Å². The third-order valence-corrected chi connectivity index (χ3v) is 1.14. The molecule has 0 saturated carbocycles. The number of aromatic nitrogens is 1. The number of thiazole rings is 1. The maximum absolute atomic E-state index is 10.1. The van der Waals surface area contributed by atoms with Crippen LogP contribution in [0.5, 0.6) is 5.06 Å². The molecule has 4 heteroatoms. The Kier molecular flexibility index (Phi) is 0.867. The number of nitrogens with one attached hydrogen (secondary N) is 1. The molecule has 0 aliphatic rings. The third-order valence-electron chi connectivity index (χ3n) is 0.511. The van der Waals surface area contributed by atoms with E-state index < -0.39 is 0 Å². The molecule has 38 valence electrons. The third kappa shape index (κ3) is 0.806. The van der Waals surface area contributed by atoms with E-state index in [-0.39, 0.29) is 9.94 Å². The Hall–Kier alpha value is -0.770. The molecular weight excluding hydrogens is 114 g/mol. The molecule has 0 radical (unpaired) electrons. The molecule has 2 N–H and O–H groups in total. The first-order valence-corrected chi connectivity index (χ1v) is 2.48. The molecule has 1 aromatic heterocycles. The number of H-pyrrole nitrogens is 1. The van der Waals surface area contributed by atoms with Crippen LogP contribution in [0.25, 0.3) is 0 Å². The van der Waals surface area contributed by atoms with E-state index in [1.54, 1.807) is 0 Å². The normalized spacial score (nSPS) is 9.14. The van der Waals surface area contributed by atoms with Gasteiger partial charge in [-0.1, -0.05) is 0 Å². The summed E-state index contributed by atoms with van der Waals surface area (Å²) in [6.45, 7) is 0. The molecule has 1 aromatic rings. The molecule has 3 nitrogen and oxygen atoms in total. The molecule has 7 heavy (non-hydrogen) atoms. The minimum Gasteiger partial charge on any atom is -0.498 e. The van der Waals surface area contributed by atoms with Crippen molar-refractivity contribution < 1.29 is 5.11 Å². The summed E-state index contributed by atoms with van der Waals surface area (Å²) in [5, 5.41) is 8.47. The Bertz CT molecular complexity index is 201. The highest BCUT2D eigenvalue weighted by atomic mass is 32.1. The summed E-state index contributed by atoms with van der Waals surface area (Å²) in [6.07, 6.45) is 1.26. The molecule has 0 saturated heterocycles. The molecule has 1 rings (SSSR count). The molecule has 1 heterocycles. The van der Waals surface area contributed by atoms with Gasteiger partial charge in [-0.25, -0.2) is 0 Å². The highest BCUT2D eigenvalue weighted by Crippen LogP contribution is 2.06. The van der Waals surface area contributed by atoms with Gasteiger partial charge in [0.25, 0.3) is 0 Å². The van der Waals surface area contributed by atoms with Crippen LogP contribution in [0, 0.1) is 0 Å². The summed E-state index contributed by atoms with van der Waals surface area (Å²) in [6, 6.07) is 0. The zero-order chi connectivity index (χ0) is 5.28. The van der Waals surface area contributed by atoms with E-state index >= 15 is 0 Å². The van der Waals surface area contributed by atoms with E-state index in [1.165, 1.54) is 6.20 Å². The summed E-state index contributed by atoms with van der Waals surface area (Å²) >= 11 is 0.787. The lowest BCUT2D eigenvalue weighted by molar-refractivity contribution is 0.489. The molecule has 0 aliphatic heterocycles. The Morgan fingerprint density at radius 1 is 1.86 bits per heavy atom. The van der Waals surface area contributed by atoms with Crippen LogP contribution in [0.2, 0.25) is 0 Å². The summed E-state index contributed by atoms with van der Waals surface area (Å²) in [5.74, 6) is 0. The van der Waals surface area contributed by atoms with Crippen LogP contribution in [0.15, 0.2) is 11.0 Å². The lowest BCUT2D eigenvalue weighted by Crippen LogP contribution is -1.87. The summed E-state index contributed by atoms with van der Waals surface area (Å²) in [7, 11) is 0. The zero-order valence-corrected chi connectivity index (χ0v) is 4.16. The van der Waals surface area contributed by atoms with Gasteiger partial charge in [0, 0.05) is 0 Å². The smallest absolute Gasteiger partial charge is 0.307 e. The van der Waals surface area contributed by atoms with Crippen molar-refractivity contribution in [1.29, 1.82) is 0 Å². The maximum Gasteiger partial charge on any atom is 0.307 e. The number of rotatable bonds is 0. The van der Waals surface area contributed by atoms with Crippen molar-refractivity contribution in [2.24, 2.45) is 0 Å². The minimum atomic E-state index is -0.225. The highest BCUT2D eigenvalue weighted by molar-refractivity contribution is 7.10. The molecule has 0 spiro atoms. The van der Waals surface area contributed by atoms with Gasteiger partial charge >= 0.3 is 4.87 Å². The highest BCUT2D eigenvalue weighted by Gasteiger charge is 1.86. The van der Waals surface area contributed by atoms with Crippen LogP contribution in [0.1, 0.15) is 0 Å². The molecule has 0 fully saturated rings. The van der Waals surface area contributed by atoms with Crippen LogP contribution in [-0.2, 0) is 0 Å². The molecule has 0 bridgehead atoms. The van der Waals surface area contributed by atoms with Crippen molar-refractivity contribution in [3.8, 4) is 5.06 Å². The number of aromatic amines is 1. The molecule has 0 aliphatic carbocycles. The Morgan fingerprint density at radius 2 is 2.57 bits per heavy atom. The van der Waals surface area contributed by atoms with Crippen LogP contribution >= 0.6 is 11.3 Å². The van der Waals surface area contributed by atoms with Gasteiger partial charge in [0.05, 0.1) is 6.20 Å². The first-order valence-electron chi connectivity index (χ1n) is 1.66. The van der Waals surface area contributed by atoms with Crippen molar-refractivity contribution in [2.45, 2.75) is 0 Å². The predicted octanol–water partition coefficient (Wildman–Crippen LogP) is 0.142. The lowest BCUT2D eigenvalue weighted by Gasteiger charge is -1.65. The first-order chi connectivity index (χ1) is 3.29. The second kappa shape index (κ2) is 1.38. The Labute approximate surface area is 43.2 Å². The number of hydrogen-bond donors (Lipinski definition) is 2. The van der Waals surface area contributed by atoms with Crippen LogP contribution in [0.3, 0.4) is 0 Å². The predicted molar refractivity (Wildman–Crippen MR) is 26.6 cm³/mol. The number of hydrogen-bond acceptors (Lipinski definition) is 3. The second-order valence-electron chi connectivity index (χ2n) is 1.02. The van der Waals surface area contributed by atoms with Crippen molar-refractivity contribution in [1.82, 2.24) is 4.98 Å². The summed E-state index contributed by atoms with van der Waals surface area (Å²) in [5.41, 5.74) is 0. The standard InChI is InChI=1S/C3H3NO2S/c5-2-1-4-3(6)7-2/h1,5H,(H,4,6). The monoisotopic (exact) mass is 117 g/mol. The van der Waals surface area contributed by atoms with Gasteiger partial charge in [-0.2, -0.15) is 0 Å². The van der Waals surface area contributed by atoms with Crippen LogP contribution < -0.4 is 4.87 Å². The zero-order valence-electron chi connectivity index (χ0n) is 3.34. The van der Waals surface area contributed by atoms with Gasteiger partial charge in [0.15, 0.2) is 5.06 Å². The van der Waals surface area contributed by atoms with Crippen molar-refractivity contribution >= 4 is 11.3 Å². The van der Waals surface area contributed by atoms with E-state index in [4.69, 9.17) is 5.11 Å². The Morgan fingerprint density at radius 3 is 2.71 bits per heavy atom. The van der Waals surface area contributed by atoms with Gasteiger partial charge in [-0.15, -0.1) is 0 Å². The Balaban J connectivity index is 3.30. The fourth-order valence-corrected chi connectivity index (χ4v) is 0.700. The molecule has 0 atom stereocenters. The second-order valence-corrected chi connectivity index (χ2v) is 2.01. The molecule has 0 aromatic carbocycles. The molecular formula is C3H3NO2S. The van der Waals surface area contributed by atoms with Gasteiger partial charge in [-0.3, -0.25) is 4.79 Å². The molecule has 0 unspecified atom stereocenters. The maximum atomic E-state index is 10.1. The fourth-order valence-electron chi connectivity index (χ4n) is 0.275. The van der Waals surface area contributed by atoms with Gasteiger partial charge in [-0.05, 0) is 11.3 Å². The van der Waals surface area contributed by atoms with Crippen molar-refractivity contribution in [2.75, 3.05) is 0 Å². The van der Waals surface area contributed by atoms with E-state index in [1.807, 2.05) is 0 Å². The van der Waals surface area contributed by atoms with Crippen molar-refractivity contribution in [3.05, 3.63) is 15.9 Å². The minimum absolute atomic E-state index is 0.0324. The average Bonchev–Trinajstić information content (AvgIpc) is 1.87. The van der Waals surface area contributed by atoms with E-state index in [2.05, 4.69) is 4.98 Å². The fraction of sp³-hybridized carbons (Fsp3) is 0. The summed E-state index contributed by atoms with van der Waals surface area (Å²) in [4.78, 5) is 12.1. The van der Waals surface area contributed by atoms with Crippen molar-refractivity contribution in [3.63, 3.8) is 0 Å². The quantitative estimate of drug-likeness (QED) is 0.508.